The highest BCUT2D eigenvalue weighted by Gasteiger charge is 2.08. The van der Waals surface area contributed by atoms with Gasteiger partial charge >= 0.3 is 11.9 Å². The molecule has 0 unspecified atom stereocenters. The van der Waals surface area contributed by atoms with Gasteiger partial charge in [-0.3, -0.25) is 9.59 Å². The molecule has 0 saturated carbocycles. The first-order valence-corrected chi connectivity index (χ1v) is 9.99. The maximum atomic E-state index is 11.8. The molecule has 0 atom stereocenters. The summed E-state index contributed by atoms with van der Waals surface area (Å²) in [5.41, 5.74) is 0.829. The Morgan fingerprint density at radius 2 is 1.65 bits per heavy atom. The molecule has 1 aromatic rings. The van der Waals surface area contributed by atoms with E-state index < -0.39 is 0 Å². The average molecular weight is 429 g/mol. The van der Waals surface area contributed by atoms with Crippen LogP contribution < -0.4 is 4.74 Å². The second-order valence-electron chi connectivity index (χ2n) is 6.11. The molecule has 0 fully saturated rings. The third-order valence-corrected chi connectivity index (χ3v) is 4.40. The Hall–Kier alpha value is -1.56. The number of ether oxygens (including phenoxy) is 3. The van der Waals surface area contributed by atoms with Crippen LogP contribution in [0.2, 0.25) is 0 Å². The molecular formula is C20H29BrO5. The van der Waals surface area contributed by atoms with Gasteiger partial charge in [0.25, 0.3) is 0 Å². The average Bonchev–Trinajstić information content (AvgIpc) is 2.63. The molecule has 5 nitrogen and oxygen atoms in total. The van der Waals surface area contributed by atoms with Crippen molar-refractivity contribution in [2.45, 2.75) is 64.9 Å². The van der Waals surface area contributed by atoms with E-state index in [0.29, 0.717) is 31.6 Å². The number of unbranched alkanes of at least 4 members (excludes halogenated alkanes) is 4. The van der Waals surface area contributed by atoms with E-state index in [2.05, 4.69) is 22.9 Å². The van der Waals surface area contributed by atoms with Gasteiger partial charge in [-0.2, -0.15) is 0 Å². The highest BCUT2D eigenvalue weighted by molar-refractivity contribution is 9.10. The van der Waals surface area contributed by atoms with Gasteiger partial charge in [0.2, 0.25) is 0 Å². The SMILES string of the molecule is CCCCCOC(=O)CCCCCC(=O)OCc1ccc(Br)cc1OC. The van der Waals surface area contributed by atoms with Crippen LogP contribution in [0.15, 0.2) is 22.7 Å². The number of halogens is 1. The van der Waals surface area contributed by atoms with E-state index in [1.165, 1.54) is 0 Å². The fourth-order valence-electron chi connectivity index (χ4n) is 2.39. The van der Waals surface area contributed by atoms with Crippen LogP contribution in [0, 0.1) is 0 Å². The lowest BCUT2D eigenvalue weighted by atomic mass is 10.1. The largest absolute Gasteiger partial charge is 0.496 e. The van der Waals surface area contributed by atoms with Gasteiger partial charge in [0.1, 0.15) is 12.4 Å². The van der Waals surface area contributed by atoms with Crippen LogP contribution in [-0.2, 0) is 25.7 Å². The van der Waals surface area contributed by atoms with E-state index in [9.17, 15) is 9.59 Å². The Kier molecular flexibility index (Phi) is 11.8. The first-order valence-electron chi connectivity index (χ1n) is 9.20. The molecule has 0 saturated heterocycles. The van der Waals surface area contributed by atoms with Crippen LogP contribution in [-0.4, -0.2) is 25.7 Å². The Labute approximate surface area is 164 Å². The number of hydrogen-bond acceptors (Lipinski definition) is 5. The first kappa shape index (κ1) is 22.5. The lowest BCUT2D eigenvalue weighted by Gasteiger charge is -2.10. The van der Waals surface area contributed by atoms with Crippen LogP contribution in [0.25, 0.3) is 0 Å². The van der Waals surface area contributed by atoms with E-state index in [4.69, 9.17) is 14.2 Å². The summed E-state index contributed by atoms with van der Waals surface area (Å²) >= 11 is 3.38. The lowest BCUT2D eigenvalue weighted by Crippen LogP contribution is -2.07. The second kappa shape index (κ2) is 13.6. The summed E-state index contributed by atoms with van der Waals surface area (Å²) < 4.78 is 16.6. The predicted molar refractivity (Wildman–Crippen MR) is 104 cm³/mol. The summed E-state index contributed by atoms with van der Waals surface area (Å²) in [6.07, 6.45) is 6.14. The molecule has 1 rings (SSSR count). The summed E-state index contributed by atoms with van der Waals surface area (Å²) in [5.74, 6) is 0.299. The van der Waals surface area contributed by atoms with Crippen LogP contribution in [0.3, 0.4) is 0 Å². The minimum Gasteiger partial charge on any atom is -0.496 e. The summed E-state index contributed by atoms with van der Waals surface area (Å²) in [4.78, 5) is 23.3. The normalized spacial score (nSPS) is 10.4. The molecule has 1 aromatic carbocycles. The second-order valence-corrected chi connectivity index (χ2v) is 7.02. The quantitative estimate of drug-likeness (QED) is 0.319. The van der Waals surface area contributed by atoms with E-state index in [1.54, 1.807) is 7.11 Å². The number of rotatable bonds is 13. The zero-order valence-corrected chi connectivity index (χ0v) is 17.3. The van der Waals surface area contributed by atoms with Crippen molar-refractivity contribution in [1.82, 2.24) is 0 Å². The van der Waals surface area contributed by atoms with Crippen LogP contribution in [0.1, 0.15) is 63.9 Å². The maximum absolute atomic E-state index is 11.8. The minimum atomic E-state index is -0.239. The minimum absolute atomic E-state index is 0.147. The monoisotopic (exact) mass is 428 g/mol. The van der Waals surface area contributed by atoms with Crippen molar-refractivity contribution in [2.75, 3.05) is 13.7 Å². The van der Waals surface area contributed by atoms with Crippen molar-refractivity contribution in [2.24, 2.45) is 0 Å². The van der Waals surface area contributed by atoms with Crippen molar-refractivity contribution < 1.29 is 23.8 Å². The molecule has 0 aromatic heterocycles. The lowest BCUT2D eigenvalue weighted by molar-refractivity contribution is -0.145. The molecule has 26 heavy (non-hydrogen) atoms. The fraction of sp³-hybridized carbons (Fsp3) is 0.600. The first-order chi connectivity index (χ1) is 12.6. The molecule has 0 N–H and O–H groups in total. The number of carbonyl (C=O) groups is 2. The molecule has 0 spiro atoms. The van der Waals surface area contributed by atoms with Gasteiger partial charge in [-0.1, -0.05) is 48.2 Å². The molecule has 0 bridgehead atoms. The number of esters is 2. The van der Waals surface area contributed by atoms with E-state index in [-0.39, 0.29) is 18.5 Å². The van der Waals surface area contributed by atoms with Crippen molar-refractivity contribution in [3.8, 4) is 5.75 Å². The molecule has 0 aliphatic heterocycles. The topological polar surface area (TPSA) is 61.8 Å². The fourth-order valence-corrected chi connectivity index (χ4v) is 2.73. The van der Waals surface area contributed by atoms with E-state index in [0.717, 1.165) is 42.1 Å². The predicted octanol–water partition coefficient (Wildman–Crippen LogP) is 5.18. The van der Waals surface area contributed by atoms with Gasteiger partial charge in [0, 0.05) is 22.9 Å². The molecular weight excluding hydrogens is 400 g/mol. The van der Waals surface area contributed by atoms with E-state index in [1.807, 2.05) is 18.2 Å². The van der Waals surface area contributed by atoms with Crippen molar-refractivity contribution in [3.63, 3.8) is 0 Å². The molecule has 0 heterocycles. The Morgan fingerprint density at radius 1 is 0.962 bits per heavy atom. The van der Waals surface area contributed by atoms with Crippen molar-refractivity contribution in [3.05, 3.63) is 28.2 Å². The Bertz CT molecular complexity index is 559. The number of hydrogen-bond donors (Lipinski definition) is 0. The van der Waals surface area contributed by atoms with E-state index >= 15 is 0 Å². The Morgan fingerprint density at radius 3 is 2.31 bits per heavy atom. The highest BCUT2D eigenvalue weighted by atomic mass is 79.9. The standard InChI is InChI=1S/C20H29BrO5/c1-3-4-8-13-25-19(22)9-6-5-7-10-20(23)26-15-16-11-12-17(21)14-18(16)24-2/h11-12,14H,3-10,13,15H2,1-2H3. The molecule has 0 radical (unpaired) electrons. The van der Waals surface area contributed by atoms with Crippen LogP contribution in [0.4, 0.5) is 0 Å². The highest BCUT2D eigenvalue weighted by Crippen LogP contribution is 2.24. The van der Waals surface area contributed by atoms with Gasteiger partial charge in [0.05, 0.1) is 13.7 Å². The van der Waals surface area contributed by atoms with Crippen LogP contribution >= 0.6 is 15.9 Å². The van der Waals surface area contributed by atoms with Crippen LogP contribution in [0.5, 0.6) is 5.75 Å². The van der Waals surface area contributed by atoms with Gasteiger partial charge in [-0.05, 0) is 31.4 Å². The molecule has 0 amide bonds. The zero-order valence-electron chi connectivity index (χ0n) is 15.7. The summed E-state index contributed by atoms with van der Waals surface area (Å²) in [6.45, 7) is 2.82. The summed E-state index contributed by atoms with van der Waals surface area (Å²) in [6, 6.07) is 5.58. The molecule has 0 aliphatic rings. The van der Waals surface area contributed by atoms with Gasteiger partial charge < -0.3 is 14.2 Å². The van der Waals surface area contributed by atoms with Crippen molar-refractivity contribution >= 4 is 27.9 Å². The maximum Gasteiger partial charge on any atom is 0.306 e. The smallest absolute Gasteiger partial charge is 0.306 e. The molecule has 0 aliphatic carbocycles. The molecule has 6 heteroatoms. The summed E-state index contributed by atoms with van der Waals surface area (Å²) in [7, 11) is 1.59. The summed E-state index contributed by atoms with van der Waals surface area (Å²) in [5, 5.41) is 0. The zero-order chi connectivity index (χ0) is 19.2. The Balaban J connectivity index is 2.11. The van der Waals surface area contributed by atoms with Crippen molar-refractivity contribution in [1.29, 1.82) is 0 Å². The number of carbonyl (C=O) groups excluding carboxylic acids is 2. The van der Waals surface area contributed by atoms with Gasteiger partial charge in [0.15, 0.2) is 0 Å². The third kappa shape index (κ3) is 9.80. The third-order valence-electron chi connectivity index (χ3n) is 3.91. The van der Waals surface area contributed by atoms with Gasteiger partial charge in [-0.25, -0.2) is 0 Å². The number of methoxy groups -OCH3 is 1. The number of benzene rings is 1. The van der Waals surface area contributed by atoms with Gasteiger partial charge in [-0.15, -0.1) is 0 Å². The molecule has 146 valence electrons.